The Hall–Kier alpha value is -5.98. The van der Waals surface area contributed by atoms with Gasteiger partial charge in [0, 0.05) is 5.41 Å². The van der Waals surface area contributed by atoms with Crippen LogP contribution in [0, 0.1) is 0 Å². The normalized spacial score (nSPS) is 13.6. The number of rotatable bonds is 4. The van der Waals surface area contributed by atoms with Crippen LogP contribution in [0.15, 0.2) is 164 Å². The van der Waals surface area contributed by atoms with Gasteiger partial charge in [-0.15, -0.1) is 0 Å². The summed E-state index contributed by atoms with van der Waals surface area (Å²) in [5.41, 5.74) is 12.8. The predicted octanol–water partition coefficient (Wildman–Crippen LogP) is 13.7. The lowest BCUT2D eigenvalue weighted by atomic mass is 9.85. The highest BCUT2D eigenvalue weighted by Crippen LogP contribution is 2.44. The molecule has 0 saturated heterocycles. The topological polar surface area (TPSA) is 0 Å². The van der Waals surface area contributed by atoms with Crippen molar-refractivity contribution < 1.29 is 0 Å². The van der Waals surface area contributed by atoms with Gasteiger partial charge < -0.3 is 0 Å². The first-order valence-electron chi connectivity index (χ1n) is 17.2. The van der Waals surface area contributed by atoms with Crippen LogP contribution in [0.5, 0.6) is 0 Å². The largest absolute Gasteiger partial charge is 0.0739 e. The number of benzene rings is 9. The molecule has 0 atom stereocenters. The molecule has 0 nitrogen and oxygen atoms in total. The molecule has 0 bridgehead atoms. The monoisotopic (exact) mass is 622 g/mol. The summed E-state index contributed by atoms with van der Waals surface area (Å²) >= 11 is 0. The lowest BCUT2D eigenvalue weighted by Gasteiger charge is -2.18. The van der Waals surface area contributed by atoms with Crippen LogP contribution in [0.4, 0.5) is 0 Å². The first kappa shape index (κ1) is 28.1. The molecule has 0 heteroatoms. The fourth-order valence-electron chi connectivity index (χ4n) is 8.26. The minimum Gasteiger partial charge on any atom is -0.0739 e. The molecule has 10 rings (SSSR count). The van der Waals surface area contributed by atoms with Gasteiger partial charge in [-0.25, -0.2) is 0 Å². The number of hydrogen-bond acceptors (Lipinski definition) is 0. The van der Waals surface area contributed by atoms with E-state index in [4.69, 9.17) is 0 Å². The Morgan fingerprint density at radius 3 is 1.53 bits per heavy atom. The summed E-state index contributed by atoms with van der Waals surface area (Å²) in [4.78, 5) is 0. The average molecular weight is 623 g/mol. The van der Waals surface area contributed by atoms with Crippen LogP contribution in [0.3, 0.4) is 0 Å². The highest BCUT2D eigenvalue weighted by atomic mass is 14.3. The second kappa shape index (κ2) is 10.5. The summed E-state index contributed by atoms with van der Waals surface area (Å²) < 4.78 is 0. The quantitative estimate of drug-likeness (QED) is 0.171. The maximum Gasteiger partial charge on any atom is 0.00845 e. The first-order chi connectivity index (χ1) is 24.0. The highest BCUT2D eigenvalue weighted by Gasteiger charge is 2.25. The number of fused-ring (bicyclic) bond motifs is 2. The Kier molecular flexibility index (Phi) is 6.02. The van der Waals surface area contributed by atoms with E-state index < -0.39 is 0 Å². The van der Waals surface area contributed by atoms with Crippen molar-refractivity contribution in [1.29, 1.82) is 0 Å². The van der Waals surface area contributed by atoms with Crippen molar-refractivity contribution in [2.24, 2.45) is 0 Å². The van der Waals surface area contributed by atoms with Crippen LogP contribution >= 0.6 is 0 Å². The Bertz CT molecular complexity index is 2790. The Morgan fingerprint density at radius 2 is 0.878 bits per heavy atom. The van der Waals surface area contributed by atoms with Gasteiger partial charge >= 0.3 is 0 Å². The molecule has 0 unspecified atom stereocenters. The van der Waals surface area contributed by atoms with Crippen molar-refractivity contribution in [3.63, 3.8) is 0 Å². The zero-order valence-corrected chi connectivity index (χ0v) is 27.7. The standard InChI is InChI=1S/C49H34/c1-49(2)26-25-41-30-38(19-24-46(41)49)36-10-6-12-40(29-36)43-21-16-33-17-22-44-42(20-15-32-18-23-45(43)48(33)47(32)44)39-11-5-9-35(28-39)37-14-13-31-7-3-4-8-34(31)27-37/h3-30H,1-2H3. The van der Waals surface area contributed by atoms with Gasteiger partial charge in [-0.3, -0.25) is 0 Å². The van der Waals surface area contributed by atoms with E-state index in [-0.39, 0.29) is 5.41 Å². The third kappa shape index (κ3) is 4.45. The van der Waals surface area contributed by atoms with Crippen molar-refractivity contribution in [2.75, 3.05) is 0 Å². The van der Waals surface area contributed by atoms with Crippen LogP contribution in [-0.2, 0) is 5.41 Å². The van der Waals surface area contributed by atoms with Crippen LogP contribution in [-0.4, -0.2) is 0 Å². The molecule has 0 aromatic heterocycles. The molecule has 0 saturated carbocycles. The van der Waals surface area contributed by atoms with Crippen molar-refractivity contribution >= 4 is 49.2 Å². The molecular weight excluding hydrogens is 589 g/mol. The molecule has 0 N–H and O–H groups in total. The maximum atomic E-state index is 2.36. The molecule has 1 aliphatic rings. The van der Waals surface area contributed by atoms with Crippen LogP contribution in [0.1, 0.15) is 25.0 Å². The smallest absolute Gasteiger partial charge is 0.00845 e. The minimum atomic E-state index is 0.0946. The molecule has 0 heterocycles. The van der Waals surface area contributed by atoms with E-state index in [0.717, 1.165) is 0 Å². The molecule has 9 aromatic carbocycles. The van der Waals surface area contributed by atoms with Crippen LogP contribution < -0.4 is 0 Å². The molecule has 0 spiro atoms. The highest BCUT2D eigenvalue weighted by molar-refractivity contribution is 6.27. The fourth-order valence-corrected chi connectivity index (χ4v) is 8.26. The summed E-state index contributed by atoms with van der Waals surface area (Å²) in [5, 5.41) is 10.4. The van der Waals surface area contributed by atoms with Gasteiger partial charge in [0.2, 0.25) is 0 Å². The van der Waals surface area contributed by atoms with E-state index in [1.807, 2.05) is 0 Å². The van der Waals surface area contributed by atoms with Crippen LogP contribution in [0.25, 0.3) is 93.7 Å². The Balaban J connectivity index is 1.10. The van der Waals surface area contributed by atoms with Crippen molar-refractivity contribution in [2.45, 2.75) is 19.3 Å². The minimum absolute atomic E-state index is 0.0946. The first-order valence-corrected chi connectivity index (χ1v) is 17.2. The van der Waals surface area contributed by atoms with Gasteiger partial charge in [-0.1, -0.05) is 159 Å². The second-order valence-electron chi connectivity index (χ2n) is 14.2. The molecule has 0 radical (unpaired) electrons. The third-order valence-electron chi connectivity index (χ3n) is 10.9. The van der Waals surface area contributed by atoms with Gasteiger partial charge in [0.05, 0.1) is 0 Å². The molecule has 0 fully saturated rings. The van der Waals surface area contributed by atoms with E-state index in [1.165, 1.54) is 98.7 Å². The Labute approximate surface area is 286 Å². The SMILES string of the molecule is CC1(C)C=Cc2cc(-c3cccc(-c4ccc5ccc6c(-c7cccc(-c8ccc9ccccc9c8)c7)ccc7ccc4c5c76)c3)ccc21. The average Bonchev–Trinajstić information content (AvgIpc) is 3.46. The van der Waals surface area contributed by atoms with Gasteiger partial charge in [-0.05, 0) is 123 Å². The fraction of sp³-hybridized carbons (Fsp3) is 0.0612. The van der Waals surface area contributed by atoms with Gasteiger partial charge in [0.1, 0.15) is 0 Å². The maximum absolute atomic E-state index is 2.36. The second-order valence-corrected chi connectivity index (χ2v) is 14.2. The van der Waals surface area contributed by atoms with Crippen molar-refractivity contribution in [3.05, 3.63) is 175 Å². The lowest BCUT2D eigenvalue weighted by molar-refractivity contribution is 0.683. The van der Waals surface area contributed by atoms with E-state index in [2.05, 4.69) is 184 Å². The molecule has 230 valence electrons. The number of hydrogen-bond donors (Lipinski definition) is 0. The van der Waals surface area contributed by atoms with Gasteiger partial charge in [-0.2, -0.15) is 0 Å². The Morgan fingerprint density at radius 1 is 0.367 bits per heavy atom. The van der Waals surface area contributed by atoms with Crippen molar-refractivity contribution in [1.82, 2.24) is 0 Å². The number of allylic oxidation sites excluding steroid dienone is 1. The molecule has 49 heavy (non-hydrogen) atoms. The zero-order chi connectivity index (χ0) is 32.7. The molecular formula is C49H34. The zero-order valence-electron chi connectivity index (χ0n) is 27.7. The van der Waals surface area contributed by atoms with Crippen molar-refractivity contribution in [3.8, 4) is 44.5 Å². The predicted molar refractivity (Wildman–Crippen MR) is 211 cm³/mol. The van der Waals surface area contributed by atoms with E-state index in [1.54, 1.807) is 0 Å². The van der Waals surface area contributed by atoms with E-state index in [0.29, 0.717) is 0 Å². The summed E-state index contributed by atoms with van der Waals surface area (Å²) in [6.45, 7) is 4.57. The molecule has 0 aliphatic heterocycles. The molecule has 0 amide bonds. The van der Waals surface area contributed by atoms with Gasteiger partial charge in [0.15, 0.2) is 0 Å². The van der Waals surface area contributed by atoms with Crippen LogP contribution in [0.2, 0.25) is 0 Å². The molecule has 1 aliphatic carbocycles. The summed E-state index contributed by atoms with van der Waals surface area (Å²) in [5.74, 6) is 0. The summed E-state index contributed by atoms with van der Waals surface area (Å²) in [6.07, 6.45) is 4.59. The third-order valence-corrected chi connectivity index (χ3v) is 10.9. The molecule has 9 aromatic rings. The van der Waals surface area contributed by atoms with E-state index >= 15 is 0 Å². The summed E-state index contributed by atoms with van der Waals surface area (Å²) in [6, 6.07) is 58.9. The van der Waals surface area contributed by atoms with E-state index in [9.17, 15) is 0 Å². The van der Waals surface area contributed by atoms with Gasteiger partial charge in [0.25, 0.3) is 0 Å². The summed E-state index contributed by atoms with van der Waals surface area (Å²) in [7, 11) is 0. The lowest BCUT2D eigenvalue weighted by Crippen LogP contribution is -2.10.